The van der Waals surface area contributed by atoms with Gasteiger partial charge in [-0.05, 0) is 67.7 Å². The summed E-state index contributed by atoms with van der Waals surface area (Å²) in [6, 6.07) is 24.6. The Morgan fingerprint density at radius 3 is 2.50 bits per heavy atom. The van der Waals surface area contributed by atoms with Crippen molar-refractivity contribution in [1.82, 2.24) is 9.47 Å². The normalized spacial score (nSPS) is 22.4. The molecule has 1 unspecified atom stereocenters. The van der Waals surface area contributed by atoms with Gasteiger partial charge in [0, 0.05) is 40.4 Å². The summed E-state index contributed by atoms with van der Waals surface area (Å²) in [5.41, 5.74) is 5.29. The topological polar surface area (TPSA) is 37.3 Å². The third-order valence-corrected chi connectivity index (χ3v) is 10.2. The molecule has 206 valence electrons. The molecule has 3 aromatic carbocycles. The summed E-state index contributed by atoms with van der Waals surface area (Å²) in [6.45, 7) is 5.09. The molecule has 1 amide bonds. The maximum Gasteiger partial charge on any atom is 0.262 e. The van der Waals surface area contributed by atoms with Crippen molar-refractivity contribution in [2.24, 2.45) is 5.92 Å². The van der Waals surface area contributed by atoms with Gasteiger partial charge in [-0.2, -0.15) is 0 Å². The van der Waals surface area contributed by atoms with E-state index in [4.69, 9.17) is 23.2 Å². The van der Waals surface area contributed by atoms with E-state index in [2.05, 4.69) is 71.1 Å². The number of para-hydroxylation sites is 2. The molecule has 40 heavy (non-hydrogen) atoms. The standard InChI is InChI=1S/C33H33Cl2N3OS/c1-21-10-6-8-14-29(21)38-32(39)31(40-33(38)36-24-11-4-3-5-12-24)19-26-22(2)37(30-15-9-7-13-25(26)30)20-23-16-17-27(34)28(35)18-23/h3-5,7,9,11-13,15-19,21,29,33,36H,6,8,10,14,20H2,1-2H3/b31-19-/t21-,29+,33?/m0/s1. The Bertz CT molecular complexity index is 1580. The van der Waals surface area contributed by atoms with E-state index < -0.39 is 0 Å². The zero-order valence-corrected chi connectivity index (χ0v) is 25.1. The Balaban J connectivity index is 1.39. The number of nitrogens with one attached hydrogen (secondary N) is 1. The summed E-state index contributed by atoms with van der Waals surface area (Å²) >= 11 is 14.1. The van der Waals surface area contributed by atoms with Gasteiger partial charge in [-0.3, -0.25) is 4.79 Å². The maximum absolute atomic E-state index is 14.1. The molecule has 6 rings (SSSR count). The van der Waals surface area contributed by atoms with E-state index >= 15 is 0 Å². The van der Waals surface area contributed by atoms with Crippen LogP contribution >= 0.6 is 35.0 Å². The predicted molar refractivity (Wildman–Crippen MR) is 170 cm³/mol. The molecule has 4 nitrogen and oxygen atoms in total. The molecule has 2 heterocycles. The van der Waals surface area contributed by atoms with Crippen molar-refractivity contribution >= 4 is 63.5 Å². The second-order valence-electron chi connectivity index (χ2n) is 10.9. The SMILES string of the molecule is Cc1c(/C=C2\SC(Nc3ccccc3)N([C@@H]3CCCC[C@@H]3C)C2=O)c2ccccc2n1Cc1ccc(Cl)c(Cl)c1. The van der Waals surface area contributed by atoms with Gasteiger partial charge in [0.15, 0.2) is 5.50 Å². The van der Waals surface area contributed by atoms with E-state index in [9.17, 15) is 4.79 Å². The summed E-state index contributed by atoms with van der Waals surface area (Å²) in [4.78, 5) is 17.0. The Labute approximate surface area is 250 Å². The Hall–Kier alpha value is -2.86. The molecule has 1 N–H and O–H groups in total. The first-order chi connectivity index (χ1) is 19.4. The summed E-state index contributed by atoms with van der Waals surface area (Å²) in [7, 11) is 0. The zero-order chi connectivity index (χ0) is 27.8. The fourth-order valence-corrected chi connectivity index (χ4v) is 7.68. The van der Waals surface area contributed by atoms with Gasteiger partial charge in [0.1, 0.15) is 0 Å². The lowest BCUT2D eigenvalue weighted by molar-refractivity contribution is -0.129. The highest BCUT2D eigenvalue weighted by molar-refractivity contribution is 8.05. The molecule has 1 saturated carbocycles. The van der Waals surface area contributed by atoms with Crippen LogP contribution in [0.5, 0.6) is 0 Å². The molecule has 2 fully saturated rings. The van der Waals surface area contributed by atoms with E-state index in [0.29, 0.717) is 22.5 Å². The molecular formula is C33H33Cl2N3OS. The molecule has 4 aromatic rings. The van der Waals surface area contributed by atoms with Gasteiger partial charge in [0.05, 0.1) is 15.0 Å². The van der Waals surface area contributed by atoms with Crippen LogP contribution < -0.4 is 5.32 Å². The first-order valence-corrected chi connectivity index (χ1v) is 15.6. The van der Waals surface area contributed by atoms with Gasteiger partial charge in [-0.15, -0.1) is 0 Å². The van der Waals surface area contributed by atoms with Crippen LogP contribution in [0.15, 0.2) is 77.7 Å². The fraction of sp³-hybridized carbons (Fsp3) is 0.303. The number of fused-ring (bicyclic) bond motifs is 1. The number of carbonyl (C=O) groups excluding carboxylic acids is 1. The molecule has 0 bridgehead atoms. The number of hydrogen-bond acceptors (Lipinski definition) is 3. The third kappa shape index (κ3) is 5.27. The molecule has 0 spiro atoms. The number of aromatic nitrogens is 1. The number of halogens is 2. The van der Waals surface area contributed by atoms with Gasteiger partial charge in [0.2, 0.25) is 0 Å². The number of hydrogen-bond donors (Lipinski definition) is 1. The highest BCUT2D eigenvalue weighted by Crippen LogP contribution is 2.43. The summed E-state index contributed by atoms with van der Waals surface area (Å²) < 4.78 is 2.30. The Morgan fingerprint density at radius 1 is 0.975 bits per heavy atom. The first-order valence-electron chi connectivity index (χ1n) is 13.9. The summed E-state index contributed by atoms with van der Waals surface area (Å²) in [6.07, 6.45) is 6.74. The second-order valence-corrected chi connectivity index (χ2v) is 12.8. The number of rotatable bonds is 6. The van der Waals surface area contributed by atoms with Gasteiger partial charge in [-0.25, -0.2) is 0 Å². The molecule has 1 aliphatic heterocycles. The molecule has 2 aliphatic rings. The van der Waals surface area contributed by atoms with Crippen molar-refractivity contribution in [3.05, 3.63) is 105 Å². The van der Waals surface area contributed by atoms with Crippen LogP contribution in [0, 0.1) is 12.8 Å². The minimum absolute atomic E-state index is 0.123. The van der Waals surface area contributed by atoms with Gasteiger partial charge >= 0.3 is 0 Å². The van der Waals surface area contributed by atoms with Crippen molar-refractivity contribution in [3.63, 3.8) is 0 Å². The number of anilines is 1. The Kier molecular flexibility index (Phi) is 7.89. The van der Waals surface area contributed by atoms with E-state index in [0.717, 1.165) is 51.2 Å². The van der Waals surface area contributed by atoms with Gasteiger partial charge in [-0.1, -0.05) is 97.2 Å². The van der Waals surface area contributed by atoms with Gasteiger partial charge < -0.3 is 14.8 Å². The minimum atomic E-state index is -0.142. The van der Waals surface area contributed by atoms with Crippen LogP contribution in [0.25, 0.3) is 17.0 Å². The van der Waals surface area contributed by atoms with E-state index in [1.807, 2.05) is 36.4 Å². The second kappa shape index (κ2) is 11.6. The smallest absolute Gasteiger partial charge is 0.262 e. The largest absolute Gasteiger partial charge is 0.356 e. The zero-order valence-electron chi connectivity index (χ0n) is 22.7. The van der Waals surface area contributed by atoms with Crippen LogP contribution in [0.2, 0.25) is 10.0 Å². The maximum atomic E-state index is 14.1. The highest BCUT2D eigenvalue weighted by atomic mass is 35.5. The molecule has 1 aromatic heterocycles. The Morgan fingerprint density at radius 2 is 1.73 bits per heavy atom. The van der Waals surface area contributed by atoms with Crippen molar-refractivity contribution in [2.45, 2.75) is 57.6 Å². The summed E-state index contributed by atoms with van der Waals surface area (Å²) in [5.74, 6) is 0.602. The number of amides is 1. The van der Waals surface area contributed by atoms with Crippen LogP contribution in [0.4, 0.5) is 5.69 Å². The third-order valence-electron chi connectivity index (χ3n) is 8.30. The minimum Gasteiger partial charge on any atom is -0.356 e. The van der Waals surface area contributed by atoms with Gasteiger partial charge in [0.25, 0.3) is 5.91 Å². The van der Waals surface area contributed by atoms with Crippen LogP contribution in [-0.2, 0) is 11.3 Å². The monoisotopic (exact) mass is 589 g/mol. The average Bonchev–Trinajstić information content (AvgIpc) is 3.40. The highest BCUT2D eigenvalue weighted by Gasteiger charge is 2.43. The number of thioether (sulfide) groups is 1. The van der Waals surface area contributed by atoms with Crippen LogP contribution in [0.3, 0.4) is 0 Å². The lowest BCUT2D eigenvalue weighted by atomic mass is 9.85. The van der Waals surface area contributed by atoms with E-state index in [1.54, 1.807) is 11.8 Å². The quantitative estimate of drug-likeness (QED) is 0.228. The van der Waals surface area contributed by atoms with Crippen LogP contribution in [0.1, 0.15) is 49.4 Å². The lowest BCUT2D eigenvalue weighted by Crippen LogP contribution is -2.48. The van der Waals surface area contributed by atoms with E-state index in [1.165, 1.54) is 12.8 Å². The summed E-state index contributed by atoms with van der Waals surface area (Å²) in [5, 5.41) is 5.90. The predicted octanol–water partition coefficient (Wildman–Crippen LogP) is 9.20. The van der Waals surface area contributed by atoms with Crippen LogP contribution in [-0.4, -0.2) is 26.9 Å². The number of nitrogens with zero attached hydrogens (tertiary/aromatic N) is 2. The average molecular weight is 591 g/mol. The van der Waals surface area contributed by atoms with Crippen molar-refractivity contribution in [2.75, 3.05) is 5.32 Å². The molecule has 1 aliphatic carbocycles. The molecule has 7 heteroatoms. The van der Waals surface area contributed by atoms with Crippen molar-refractivity contribution in [1.29, 1.82) is 0 Å². The molecule has 1 saturated heterocycles. The molecular weight excluding hydrogens is 557 g/mol. The number of benzene rings is 3. The van der Waals surface area contributed by atoms with Crippen molar-refractivity contribution in [3.8, 4) is 0 Å². The fourth-order valence-electron chi connectivity index (χ4n) is 6.16. The van der Waals surface area contributed by atoms with Crippen molar-refractivity contribution < 1.29 is 4.79 Å². The first kappa shape index (κ1) is 27.3. The van der Waals surface area contributed by atoms with E-state index in [-0.39, 0.29) is 17.4 Å². The molecule has 0 radical (unpaired) electrons. The molecule has 3 atom stereocenters. The lowest BCUT2D eigenvalue weighted by Gasteiger charge is -2.39. The number of carbonyl (C=O) groups is 1.